The van der Waals surface area contributed by atoms with E-state index >= 15 is 0 Å². The van der Waals surface area contributed by atoms with E-state index in [-0.39, 0.29) is 12.3 Å². The van der Waals surface area contributed by atoms with Crippen LogP contribution in [0.25, 0.3) is 17.1 Å². The van der Waals surface area contributed by atoms with Gasteiger partial charge in [0.05, 0.1) is 17.1 Å². The van der Waals surface area contributed by atoms with Gasteiger partial charge in [0.15, 0.2) is 0 Å². The fourth-order valence-corrected chi connectivity index (χ4v) is 4.18. The molecule has 8 heteroatoms. The van der Waals surface area contributed by atoms with Crippen LogP contribution in [0, 0.1) is 0 Å². The molecule has 0 atom stereocenters. The van der Waals surface area contributed by atoms with Gasteiger partial charge >= 0.3 is 0 Å². The molecule has 1 amide bonds. The molecular formula is C22H21Cl3N4O. The van der Waals surface area contributed by atoms with Gasteiger partial charge in [-0.2, -0.15) is 0 Å². The number of amides is 1. The van der Waals surface area contributed by atoms with Crippen LogP contribution in [-0.4, -0.2) is 33.6 Å². The monoisotopic (exact) mass is 462 g/mol. The fourth-order valence-electron chi connectivity index (χ4n) is 3.56. The highest BCUT2D eigenvalue weighted by atomic mass is 35.5. The Kier molecular flexibility index (Phi) is 6.64. The number of hydrogen-bond acceptors (Lipinski definition) is 3. The Bertz CT molecular complexity index is 1040. The third kappa shape index (κ3) is 4.98. The maximum atomic E-state index is 12.6. The number of aromatic nitrogens is 2. The first-order chi connectivity index (χ1) is 14.5. The quantitative estimate of drug-likeness (QED) is 0.539. The van der Waals surface area contributed by atoms with Gasteiger partial charge in [0.1, 0.15) is 5.82 Å². The number of hydrazine groups is 1. The number of piperidine rings is 1. The second kappa shape index (κ2) is 9.40. The van der Waals surface area contributed by atoms with E-state index in [2.05, 4.69) is 5.43 Å². The minimum atomic E-state index is -0.0774. The van der Waals surface area contributed by atoms with Crippen molar-refractivity contribution in [2.45, 2.75) is 25.7 Å². The summed E-state index contributed by atoms with van der Waals surface area (Å²) >= 11 is 18.6. The molecule has 1 N–H and O–H groups in total. The van der Waals surface area contributed by atoms with Crippen LogP contribution in [0.2, 0.25) is 15.1 Å². The van der Waals surface area contributed by atoms with Crippen molar-refractivity contribution in [3.8, 4) is 17.1 Å². The standard InChI is InChI=1S/C22H21Cl3N4O/c23-15-4-7-18(8-5-15)29-14-17(13-21(30)27-28-10-2-1-3-11-28)26-22(29)19-9-6-16(24)12-20(19)25/h4-9,12,14H,1-3,10-11,13H2,(H,27,30). The Morgan fingerprint density at radius 2 is 1.67 bits per heavy atom. The van der Waals surface area contributed by atoms with Crippen LogP contribution >= 0.6 is 34.8 Å². The van der Waals surface area contributed by atoms with Crippen molar-refractivity contribution in [3.63, 3.8) is 0 Å². The third-order valence-electron chi connectivity index (χ3n) is 5.01. The zero-order valence-electron chi connectivity index (χ0n) is 16.2. The van der Waals surface area contributed by atoms with Gasteiger partial charge in [-0.15, -0.1) is 0 Å². The zero-order chi connectivity index (χ0) is 21.1. The van der Waals surface area contributed by atoms with Gasteiger partial charge < -0.3 is 0 Å². The van der Waals surface area contributed by atoms with Gasteiger partial charge in [0, 0.05) is 40.6 Å². The third-order valence-corrected chi connectivity index (χ3v) is 5.81. The number of carbonyl (C=O) groups is 1. The van der Waals surface area contributed by atoms with Crippen LogP contribution in [0.4, 0.5) is 0 Å². The molecule has 3 aromatic rings. The van der Waals surface area contributed by atoms with Gasteiger partial charge in [0.2, 0.25) is 5.91 Å². The summed E-state index contributed by atoms with van der Waals surface area (Å²) in [6.45, 7) is 1.77. The maximum absolute atomic E-state index is 12.6. The van der Waals surface area contributed by atoms with Crippen molar-refractivity contribution in [2.24, 2.45) is 0 Å². The highest BCUT2D eigenvalue weighted by Crippen LogP contribution is 2.32. The van der Waals surface area contributed by atoms with E-state index < -0.39 is 0 Å². The molecule has 0 saturated carbocycles. The Morgan fingerprint density at radius 3 is 2.37 bits per heavy atom. The second-order valence-corrected chi connectivity index (χ2v) is 8.57. The van der Waals surface area contributed by atoms with E-state index in [1.165, 1.54) is 6.42 Å². The minimum Gasteiger partial charge on any atom is -0.299 e. The summed E-state index contributed by atoms with van der Waals surface area (Å²) in [5.74, 6) is 0.561. The Hall–Kier alpha value is -2.05. The molecule has 1 aliphatic rings. The molecule has 2 aromatic carbocycles. The first-order valence-corrected chi connectivity index (χ1v) is 11.0. The molecule has 0 spiro atoms. The van der Waals surface area contributed by atoms with Crippen molar-refractivity contribution >= 4 is 40.7 Å². The first-order valence-electron chi connectivity index (χ1n) is 9.83. The molecule has 1 aliphatic heterocycles. The van der Waals surface area contributed by atoms with Gasteiger partial charge in [0.25, 0.3) is 0 Å². The zero-order valence-corrected chi connectivity index (χ0v) is 18.5. The molecular weight excluding hydrogens is 443 g/mol. The predicted octanol–water partition coefficient (Wildman–Crippen LogP) is 5.56. The van der Waals surface area contributed by atoms with Crippen LogP contribution < -0.4 is 5.43 Å². The number of nitrogens with one attached hydrogen (secondary N) is 1. The fraction of sp³-hybridized carbons (Fsp3) is 0.273. The number of nitrogens with zero attached hydrogens (tertiary/aromatic N) is 3. The summed E-state index contributed by atoms with van der Waals surface area (Å²) in [5.41, 5.74) is 5.25. The lowest BCUT2D eigenvalue weighted by molar-refractivity contribution is -0.125. The average Bonchev–Trinajstić information content (AvgIpc) is 3.12. The lowest BCUT2D eigenvalue weighted by Crippen LogP contribution is -2.45. The van der Waals surface area contributed by atoms with Crippen molar-refractivity contribution < 1.29 is 4.79 Å². The molecule has 0 radical (unpaired) electrons. The van der Waals surface area contributed by atoms with Gasteiger partial charge in [-0.1, -0.05) is 41.2 Å². The molecule has 2 heterocycles. The lowest BCUT2D eigenvalue weighted by Gasteiger charge is -2.26. The predicted molar refractivity (Wildman–Crippen MR) is 121 cm³/mol. The first kappa shape index (κ1) is 21.2. The summed E-state index contributed by atoms with van der Waals surface area (Å²) in [6.07, 6.45) is 5.45. The number of hydrogen-bond donors (Lipinski definition) is 1. The molecule has 30 heavy (non-hydrogen) atoms. The molecule has 0 bridgehead atoms. The summed E-state index contributed by atoms with van der Waals surface area (Å²) in [6, 6.07) is 12.7. The van der Waals surface area contributed by atoms with Crippen molar-refractivity contribution in [1.29, 1.82) is 0 Å². The van der Waals surface area contributed by atoms with Crippen LogP contribution in [0.3, 0.4) is 0 Å². The average molecular weight is 464 g/mol. The highest BCUT2D eigenvalue weighted by Gasteiger charge is 2.18. The molecule has 156 valence electrons. The molecule has 5 nitrogen and oxygen atoms in total. The molecule has 1 saturated heterocycles. The topological polar surface area (TPSA) is 50.2 Å². The van der Waals surface area contributed by atoms with E-state index in [4.69, 9.17) is 39.8 Å². The number of imidazole rings is 1. The molecule has 1 aromatic heterocycles. The van der Waals surface area contributed by atoms with Crippen LogP contribution in [-0.2, 0) is 11.2 Å². The molecule has 1 fully saturated rings. The van der Waals surface area contributed by atoms with Gasteiger partial charge in [-0.05, 0) is 55.3 Å². The highest BCUT2D eigenvalue weighted by molar-refractivity contribution is 6.36. The summed E-state index contributed by atoms with van der Waals surface area (Å²) in [7, 11) is 0. The van der Waals surface area contributed by atoms with Crippen LogP contribution in [0.5, 0.6) is 0 Å². The Labute approximate surface area is 190 Å². The second-order valence-electron chi connectivity index (χ2n) is 7.29. The molecule has 0 aliphatic carbocycles. The smallest absolute Gasteiger partial charge is 0.240 e. The SMILES string of the molecule is O=C(Cc1cn(-c2ccc(Cl)cc2)c(-c2ccc(Cl)cc2Cl)n1)NN1CCCCC1. The number of rotatable bonds is 5. The number of carbonyl (C=O) groups excluding carboxylic acids is 1. The van der Waals surface area contributed by atoms with Crippen LogP contribution in [0.15, 0.2) is 48.7 Å². The Balaban J connectivity index is 1.65. The molecule has 0 unspecified atom stereocenters. The van der Waals surface area contributed by atoms with E-state index in [1.54, 1.807) is 12.1 Å². The van der Waals surface area contributed by atoms with Gasteiger partial charge in [-0.3, -0.25) is 14.8 Å². The minimum absolute atomic E-state index is 0.0774. The number of benzene rings is 2. The van der Waals surface area contributed by atoms with Crippen LogP contribution in [0.1, 0.15) is 25.0 Å². The van der Waals surface area contributed by atoms with Gasteiger partial charge in [-0.25, -0.2) is 9.99 Å². The lowest BCUT2D eigenvalue weighted by atomic mass is 10.2. The van der Waals surface area contributed by atoms with E-state index in [9.17, 15) is 4.79 Å². The van der Waals surface area contributed by atoms with E-state index in [0.717, 1.165) is 37.2 Å². The molecule has 4 rings (SSSR count). The van der Waals surface area contributed by atoms with Crippen molar-refractivity contribution in [1.82, 2.24) is 20.0 Å². The van der Waals surface area contributed by atoms with E-state index in [1.807, 2.05) is 46.1 Å². The Morgan fingerprint density at radius 1 is 0.967 bits per heavy atom. The van der Waals surface area contributed by atoms with E-state index in [0.29, 0.717) is 26.6 Å². The number of halogens is 3. The summed E-state index contributed by atoms with van der Waals surface area (Å²) in [4.78, 5) is 17.3. The van der Waals surface area contributed by atoms with Crippen molar-refractivity contribution in [3.05, 3.63) is 69.4 Å². The summed E-state index contributed by atoms with van der Waals surface area (Å²) in [5, 5.41) is 3.67. The maximum Gasteiger partial charge on any atom is 0.240 e. The normalized spacial score (nSPS) is 14.6. The van der Waals surface area contributed by atoms with Crippen molar-refractivity contribution in [2.75, 3.05) is 13.1 Å². The largest absolute Gasteiger partial charge is 0.299 e. The summed E-state index contributed by atoms with van der Waals surface area (Å²) < 4.78 is 1.91.